The lowest BCUT2D eigenvalue weighted by molar-refractivity contribution is 0.0393. The van der Waals surface area contributed by atoms with E-state index in [0.29, 0.717) is 41.1 Å². The van der Waals surface area contributed by atoms with Gasteiger partial charge in [-0.1, -0.05) is 0 Å². The Hall–Kier alpha value is -3.75. The van der Waals surface area contributed by atoms with E-state index in [9.17, 15) is 18.0 Å². The van der Waals surface area contributed by atoms with Crippen LogP contribution in [0.5, 0.6) is 0 Å². The van der Waals surface area contributed by atoms with Crippen LogP contribution in [-0.4, -0.2) is 22.2 Å². The highest BCUT2D eigenvalue weighted by Crippen LogP contribution is 2.46. The molecule has 1 aliphatic carbocycles. The number of benzene rings is 2. The molecule has 170 valence electrons. The van der Waals surface area contributed by atoms with Crippen molar-refractivity contribution in [1.82, 2.24) is 15.3 Å². The van der Waals surface area contributed by atoms with Crippen molar-refractivity contribution < 1.29 is 27.1 Å². The van der Waals surface area contributed by atoms with Crippen molar-refractivity contribution >= 4 is 17.0 Å². The van der Waals surface area contributed by atoms with Gasteiger partial charge in [0.25, 0.3) is 0 Å². The minimum Gasteiger partial charge on any atom is -0.446 e. The summed E-state index contributed by atoms with van der Waals surface area (Å²) in [4.78, 5) is 19.1. The van der Waals surface area contributed by atoms with Gasteiger partial charge in [-0.15, -0.1) is 0 Å². The third-order valence-electron chi connectivity index (χ3n) is 5.83. The van der Waals surface area contributed by atoms with E-state index in [2.05, 4.69) is 15.3 Å². The van der Waals surface area contributed by atoms with Gasteiger partial charge in [-0.05, 0) is 67.1 Å². The lowest BCUT2D eigenvalue weighted by atomic mass is 9.75. The van der Waals surface area contributed by atoms with Gasteiger partial charge in [0.1, 0.15) is 29.3 Å². The Morgan fingerprint density at radius 3 is 2.64 bits per heavy atom. The second-order valence-corrected chi connectivity index (χ2v) is 8.14. The van der Waals surface area contributed by atoms with Crippen molar-refractivity contribution in [2.24, 2.45) is 0 Å². The van der Waals surface area contributed by atoms with Gasteiger partial charge < -0.3 is 19.5 Å². The van der Waals surface area contributed by atoms with Crippen molar-refractivity contribution in [2.75, 3.05) is 0 Å². The maximum absolute atomic E-state index is 14.5. The van der Waals surface area contributed by atoms with Crippen molar-refractivity contribution in [3.05, 3.63) is 77.3 Å². The molecule has 0 spiro atoms. The highest BCUT2D eigenvalue weighted by atomic mass is 19.1. The Bertz CT molecular complexity index is 1320. The average Bonchev–Trinajstić information content (AvgIpc) is 3.33. The van der Waals surface area contributed by atoms with Crippen molar-refractivity contribution in [3.8, 4) is 11.3 Å². The SMILES string of the molecule is Cc1cnc(CNC(=O)O[C@H]2C[C@H](c3c(-c4ccc(F)cc4)[nH]c4c(F)cc(F)cc43)C2)o1. The number of fused-ring (bicyclic) bond motifs is 1. The number of carbonyl (C=O) groups excluding carboxylic acids is 1. The highest BCUT2D eigenvalue weighted by molar-refractivity contribution is 5.92. The minimum atomic E-state index is -0.701. The Kier molecular flexibility index (Phi) is 5.32. The van der Waals surface area contributed by atoms with E-state index >= 15 is 0 Å². The number of aryl methyl sites for hydroxylation is 1. The third kappa shape index (κ3) is 4.18. The largest absolute Gasteiger partial charge is 0.446 e. The van der Waals surface area contributed by atoms with Crippen LogP contribution in [-0.2, 0) is 11.3 Å². The summed E-state index contributed by atoms with van der Waals surface area (Å²) in [5.41, 5.74) is 2.17. The van der Waals surface area contributed by atoms with Crippen LogP contribution in [0.15, 0.2) is 47.0 Å². The summed E-state index contributed by atoms with van der Waals surface area (Å²) >= 11 is 0. The van der Waals surface area contributed by atoms with Crippen LogP contribution in [0.4, 0.5) is 18.0 Å². The van der Waals surface area contributed by atoms with Gasteiger partial charge in [-0.25, -0.2) is 22.9 Å². The molecule has 2 heterocycles. The van der Waals surface area contributed by atoms with Crippen LogP contribution in [0.2, 0.25) is 0 Å². The van der Waals surface area contributed by atoms with Crippen LogP contribution < -0.4 is 5.32 Å². The number of hydrogen-bond donors (Lipinski definition) is 2. The first-order valence-electron chi connectivity index (χ1n) is 10.5. The van der Waals surface area contributed by atoms with Gasteiger partial charge in [-0.2, -0.15) is 0 Å². The molecule has 0 unspecified atom stereocenters. The summed E-state index contributed by atoms with van der Waals surface area (Å²) in [5, 5.41) is 3.02. The molecular weight excluding hydrogens is 435 g/mol. The third-order valence-corrected chi connectivity index (χ3v) is 5.83. The molecule has 2 aromatic heterocycles. The Labute approximate surface area is 186 Å². The summed E-state index contributed by atoms with van der Waals surface area (Å²) in [6.45, 7) is 1.87. The molecule has 0 atom stereocenters. The summed E-state index contributed by atoms with van der Waals surface area (Å²) < 4.78 is 52.6. The average molecular weight is 455 g/mol. The van der Waals surface area contributed by atoms with Crippen molar-refractivity contribution in [1.29, 1.82) is 0 Å². The number of rotatable bonds is 5. The zero-order valence-electron chi connectivity index (χ0n) is 17.6. The maximum Gasteiger partial charge on any atom is 0.407 e. The first-order chi connectivity index (χ1) is 15.9. The van der Waals surface area contributed by atoms with Crippen LogP contribution in [0.25, 0.3) is 22.2 Å². The van der Waals surface area contributed by atoms with Gasteiger partial charge >= 0.3 is 6.09 Å². The second kappa shape index (κ2) is 8.31. The number of oxazole rings is 1. The molecule has 1 saturated carbocycles. The fraction of sp³-hybridized carbons (Fsp3) is 0.250. The number of amides is 1. The lowest BCUT2D eigenvalue weighted by Crippen LogP contribution is -2.36. The standard InChI is InChI=1S/C24H20F3N3O3/c1-12-10-28-20(32-12)11-29-24(31)33-17-6-14(7-17)21-18-8-16(26)9-19(27)23(18)30-22(21)13-2-4-15(25)5-3-13/h2-5,8-10,14,17,30H,6-7,11H2,1H3,(H,29,31)/t14-,17-. The van der Waals surface area contributed by atoms with Crippen LogP contribution in [0.1, 0.15) is 36.0 Å². The van der Waals surface area contributed by atoms with E-state index in [1.165, 1.54) is 18.2 Å². The van der Waals surface area contributed by atoms with E-state index in [1.54, 1.807) is 25.3 Å². The fourth-order valence-corrected chi connectivity index (χ4v) is 4.23. The smallest absolute Gasteiger partial charge is 0.407 e. The van der Waals surface area contributed by atoms with E-state index < -0.39 is 23.5 Å². The maximum atomic E-state index is 14.5. The number of carbonyl (C=O) groups is 1. The first kappa shape index (κ1) is 21.1. The number of halogens is 3. The molecule has 6 nitrogen and oxygen atoms in total. The Morgan fingerprint density at radius 1 is 1.18 bits per heavy atom. The van der Waals surface area contributed by atoms with Crippen LogP contribution in [0, 0.1) is 24.4 Å². The summed E-state index contributed by atoms with van der Waals surface area (Å²) in [5.74, 6) is -0.843. The van der Waals surface area contributed by atoms with E-state index in [4.69, 9.17) is 9.15 Å². The summed E-state index contributed by atoms with van der Waals surface area (Å²) in [6.07, 6.45) is 1.61. The van der Waals surface area contributed by atoms with E-state index in [1.807, 2.05) is 0 Å². The highest BCUT2D eigenvalue weighted by Gasteiger charge is 2.37. The predicted molar refractivity (Wildman–Crippen MR) is 114 cm³/mol. The fourth-order valence-electron chi connectivity index (χ4n) is 4.23. The normalized spacial score (nSPS) is 17.7. The van der Waals surface area contributed by atoms with Gasteiger partial charge in [0.05, 0.1) is 24.0 Å². The number of H-pyrrole nitrogens is 1. The zero-order chi connectivity index (χ0) is 23.1. The Morgan fingerprint density at radius 2 is 1.94 bits per heavy atom. The van der Waals surface area contributed by atoms with E-state index in [-0.39, 0.29) is 24.1 Å². The minimum absolute atomic E-state index is 0.0906. The molecule has 0 aliphatic heterocycles. The molecular formula is C24H20F3N3O3. The number of aromatic amines is 1. The number of aromatic nitrogens is 2. The van der Waals surface area contributed by atoms with Crippen LogP contribution >= 0.6 is 0 Å². The van der Waals surface area contributed by atoms with Gasteiger partial charge in [-0.3, -0.25) is 0 Å². The molecule has 1 amide bonds. The molecule has 2 aromatic carbocycles. The molecule has 0 radical (unpaired) electrons. The topological polar surface area (TPSA) is 80.1 Å². The first-order valence-corrected chi connectivity index (χ1v) is 10.5. The lowest BCUT2D eigenvalue weighted by Gasteiger charge is -2.35. The molecule has 5 rings (SSSR count). The van der Waals surface area contributed by atoms with Gasteiger partial charge in [0.2, 0.25) is 5.89 Å². The molecule has 2 N–H and O–H groups in total. The van der Waals surface area contributed by atoms with Crippen molar-refractivity contribution in [2.45, 2.75) is 38.3 Å². The quantitative estimate of drug-likeness (QED) is 0.403. The van der Waals surface area contributed by atoms with Crippen molar-refractivity contribution in [3.63, 3.8) is 0 Å². The molecule has 0 bridgehead atoms. The molecule has 1 aliphatic rings. The number of alkyl carbamates (subject to hydrolysis) is 1. The number of ether oxygens (including phenoxy) is 1. The van der Waals surface area contributed by atoms with Crippen LogP contribution in [0.3, 0.4) is 0 Å². The van der Waals surface area contributed by atoms with Gasteiger partial charge in [0.15, 0.2) is 0 Å². The molecule has 33 heavy (non-hydrogen) atoms. The molecule has 9 heteroatoms. The number of hydrogen-bond acceptors (Lipinski definition) is 4. The molecule has 1 fully saturated rings. The zero-order valence-corrected chi connectivity index (χ0v) is 17.6. The number of nitrogens with one attached hydrogen (secondary N) is 2. The van der Waals surface area contributed by atoms with Gasteiger partial charge in [0, 0.05) is 11.5 Å². The Balaban J connectivity index is 1.34. The molecule has 4 aromatic rings. The monoisotopic (exact) mass is 455 g/mol. The summed E-state index contributed by atoms with van der Waals surface area (Å²) in [6, 6.07) is 7.91. The second-order valence-electron chi connectivity index (χ2n) is 8.14. The predicted octanol–water partition coefficient (Wildman–Crippen LogP) is 5.72. The summed E-state index contributed by atoms with van der Waals surface area (Å²) in [7, 11) is 0. The van der Waals surface area contributed by atoms with E-state index in [0.717, 1.165) is 11.6 Å². The number of nitrogens with zero attached hydrogens (tertiary/aromatic N) is 1. The molecule has 0 saturated heterocycles.